The van der Waals surface area contributed by atoms with Crippen LogP contribution < -0.4 is 0 Å². The van der Waals surface area contributed by atoms with Crippen LogP contribution in [0.5, 0.6) is 0 Å². The molecule has 0 saturated heterocycles. The van der Waals surface area contributed by atoms with Gasteiger partial charge in [0.05, 0.1) is 11.0 Å². The van der Waals surface area contributed by atoms with Gasteiger partial charge in [0.25, 0.3) is 0 Å². The standard InChI is InChI=1S/C46H28O/c1-2-10-29(11-3-1)45-37-14-6-8-16-39(37)46(40-17-9-7-15-38(40)45)36-21-20-32-24-33(18-19-34(32)25-36)35-22-23-43-41(27-35)42-26-30-12-4-5-13-31(30)28-44(42)47-43/h1-28H/i6D,7D,8D,9D,14D,15D,16D,17D. The van der Waals surface area contributed by atoms with E-state index < -0.39 is 24.2 Å². The first-order valence-corrected chi connectivity index (χ1v) is 15.5. The Morgan fingerprint density at radius 2 is 0.830 bits per heavy atom. The Hall–Kier alpha value is -6.18. The Morgan fingerprint density at radius 3 is 1.51 bits per heavy atom. The third-order valence-corrected chi connectivity index (χ3v) is 9.24. The van der Waals surface area contributed by atoms with Crippen molar-refractivity contribution in [1.29, 1.82) is 0 Å². The molecular weight excluding hydrogens is 569 g/mol. The van der Waals surface area contributed by atoms with Crippen LogP contribution >= 0.6 is 0 Å². The number of rotatable bonds is 3. The van der Waals surface area contributed by atoms with Crippen LogP contribution in [0.25, 0.3) is 98.4 Å². The summed E-state index contributed by atoms with van der Waals surface area (Å²) >= 11 is 0. The average Bonchev–Trinajstić information content (AvgIpc) is 3.57. The fourth-order valence-corrected chi connectivity index (χ4v) is 7.03. The van der Waals surface area contributed by atoms with E-state index in [0.717, 1.165) is 54.6 Å². The van der Waals surface area contributed by atoms with Crippen molar-refractivity contribution in [1.82, 2.24) is 0 Å². The van der Waals surface area contributed by atoms with Crippen molar-refractivity contribution in [2.45, 2.75) is 0 Å². The molecule has 0 bridgehead atoms. The van der Waals surface area contributed by atoms with E-state index in [0.29, 0.717) is 22.3 Å². The molecule has 47 heavy (non-hydrogen) atoms. The molecule has 0 N–H and O–H groups in total. The van der Waals surface area contributed by atoms with Gasteiger partial charge in [0.1, 0.15) is 11.2 Å². The lowest BCUT2D eigenvalue weighted by molar-refractivity contribution is 0.669. The molecule has 1 heteroatoms. The monoisotopic (exact) mass is 604 g/mol. The van der Waals surface area contributed by atoms with Crippen molar-refractivity contribution in [2.24, 2.45) is 0 Å². The van der Waals surface area contributed by atoms with Gasteiger partial charge in [-0.05, 0) is 113 Å². The van der Waals surface area contributed by atoms with E-state index in [1.54, 1.807) is 24.3 Å². The van der Waals surface area contributed by atoms with Crippen LogP contribution in [-0.2, 0) is 0 Å². The summed E-state index contributed by atoms with van der Waals surface area (Å²) < 4.78 is 77.6. The lowest BCUT2D eigenvalue weighted by atomic mass is 9.85. The van der Waals surface area contributed by atoms with Gasteiger partial charge in [-0.15, -0.1) is 0 Å². The van der Waals surface area contributed by atoms with Gasteiger partial charge < -0.3 is 4.42 Å². The van der Waals surface area contributed by atoms with Crippen molar-refractivity contribution >= 4 is 65.0 Å². The number of furan rings is 1. The fourth-order valence-electron chi connectivity index (χ4n) is 7.03. The topological polar surface area (TPSA) is 13.1 Å². The van der Waals surface area contributed by atoms with Gasteiger partial charge >= 0.3 is 0 Å². The highest BCUT2D eigenvalue weighted by Crippen LogP contribution is 2.44. The molecule has 0 spiro atoms. The Morgan fingerprint density at radius 1 is 0.340 bits per heavy atom. The smallest absolute Gasteiger partial charge is 0.136 e. The molecule has 0 fully saturated rings. The van der Waals surface area contributed by atoms with Crippen LogP contribution in [0.15, 0.2) is 174 Å². The quantitative estimate of drug-likeness (QED) is 0.183. The second kappa shape index (κ2) is 10.2. The van der Waals surface area contributed by atoms with E-state index in [-0.39, 0.29) is 45.7 Å². The zero-order valence-corrected chi connectivity index (χ0v) is 25.0. The molecule has 10 aromatic rings. The zero-order valence-electron chi connectivity index (χ0n) is 33.0. The molecule has 0 aliphatic rings. The van der Waals surface area contributed by atoms with E-state index in [9.17, 15) is 2.74 Å². The second-order valence-corrected chi connectivity index (χ2v) is 11.9. The molecule has 0 unspecified atom stereocenters. The first-order valence-electron chi connectivity index (χ1n) is 19.5. The van der Waals surface area contributed by atoms with E-state index >= 15 is 0 Å². The fraction of sp³-hybridized carbons (Fsp3) is 0. The van der Waals surface area contributed by atoms with Crippen molar-refractivity contribution in [3.63, 3.8) is 0 Å². The molecular formula is C46H28O. The molecule has 0 atom stereocenters. The van der Waals surface area contributed by atoms with Crippen molar-refractivity contribution in [3.8, 4) is 33.4 Å². The van der Waals surface area contributed by atoms with Gasteiger partial charge in [0.15, 0.2) is 0 Å². The first kappa shape index (κ1) is 19.4. The molecule has 9 aromatic carbocycles. The molecule has 10 rings (SSSR count). The van der Waals surface area contributed by atoms with Crippen LogP contribution in [0.2, 0.25) is 0 Å². The number of hydrogen-bond acceptors (Lipinski definition) is 1. The largest absolute Gasteiger partial charge is 0.456 e. The van der Waals surface area contributed by atoms with E-state index in [1.165, 1.54) is 0 Å². The Labute approximate surface area is 283 Å². The summed E-state index contributed by atoms with van der Waals surface area (Å²) in [6.07, 6.45) is 0. The Balaban J connectivity index is 1.21. The van der Waals surface area contributed by atoms with Gasteiger partial charge in [-0.25, -0.2) is 0 Å². The SMILES string of the molecule is [2H]c1c([2H])c([2H])c2c(-c3ccc4cc(-c5ccc6oc7cc8ccccc8cc7c6c5)ccc4c3)c3c([2H])c([2H])c([2H])c([2H])c3c(-c3ccccc3)c2c1[2H]. The summed E-state index contributed by atoms with van der Waals surface area (Å²) in [5.74, 6) is 0. The number of fused-ring (bicyclic) bond motifs is 7. The first-order chi connectivity index (χ1) is 26.6. The third-order valence-electron chi connectivity index (χ3n) is 9.24. The van der Waals surface area contributed by atoms with E-state index in [1.807, 2.05) is 60.7 Å². The van der Waals surface area contributed by atoms with Crippen LogP contribution in [0, 0.1) is 0 Å². The maximum absolute atomic E-state index is 9.20. The molecule has 218 valence electrons. The van der Waals surface area contributed by atoms with Crippen molar-refractivity contribution in [2.75, 3.05) is 0 Å². The lowest BCUT2D eigenvalue weighted by Gasteiger charge is -2.18. The minimum Gasteiger partial charge on any atom is -0.456 e. The normalized spacial score (nSPS) is 14.2. The van der Waals surface area contributed by atoms with Gasteiger partial charge in [-0.3, -0.25) is 0 Å². The summed E-state index contributed by atoms with van der Waals surface area (Å²) in [4.78, 5) is 0. The summed E-state index contributed by atoms with van der Waals surface area (Å²) in [5.41, 5.74) is 5.51. The lowest BCUT2D eigenvalue weighted by Crippen LogP contribution is -1.90. The minimum absolute atomic E-state index is 0.201. The predicted molar refractivity (Wildman–Crippen MR) is 200 cm³/mol. The van der Waals surface area contributed by atoms with Crippen molar-refractivity contribution < 1.29 is 15.4 Å². The number of benzene rings is 9. The summed E-state index contributed by atoms with van der Waals surface area (Å²) in [6.45, 7) is 0. The van der Waals surface area contributed by atoms with Gasteiger partial charge in [0, 0.05) is 10.8 Å². The molecule has 0 amide bonds. The number of hydrogen-bond donors (Lipinski definition) is 0. The molecule has 0 aliphatic heterocycles. The zero-order chi connectivity index (χ0) is 37.9. The summed E-state index contributed by atoms with van der Waals surface area (Å²) in [5, 5.41) is 6.95. The summed E-state index contributed by atoms with van der Waals surface area (Å²) in [6, 6.07) is 36.8. The van der Waals surface area contributed by atoms with E-state index in [4.69, 9.17) is 12.6 Å². The van der Waals surface area contributed by atoms with Crippen LogP contribution in [-0.4, -0.2) is 0 Å². The van der Waals surface area contributed by atoms with Gasteiger partial charge in [-0.1, -0.05) is 133 Å². The molecule has 1 nitrogen and oxygen atoms in total. The van der Waals surface area contributed by atoms with Gasteiger partial charge in [-0.2, -0.15) is 0 Å². The molecule has 0 saturated carbocycles. The maximum Gasteiger partial charge on any atom is 0.136 e. The van der Waals surface area contributed by atoms with Crippen LogP contribution in [0.1, 0.15) is 11.0 Å². The Bertz CT molecular complexity index is 3220. The highest BCUT2D eigenvalue weighted by molar-refractivity contribution is 6.21. The second-order valence-electron chi connectivity index (χ2n) is 11.9. The predicted octanol–water partition coefficient (Wildman–Crippen LogP) is 13.2. The van der Waals surface area contributed by atoms with Crippen LogP contribution in [0.3, 0.4) is 0 Å². The highest BCUT2D eigenvalue weighted by atomic mass is 16.3. The molecule has 1 aromatic heterocycles. The third kappa shape index (κ3) is 4.10. The average molecular weight is 605 g/mol. The highest BCUT2D eigenvalue weighted by Gasteiger charge is 2.17. The Kier molecular flexibility index (Phi) is 4.19. The maximum atomic E-state index is 9.20. The molecule has 0 radical (unpaired) electrons. The molecule has 0 aliphatic carbocycles. The van der Waals surface area contributed by atoms with E-state index in [2.05, 4.69) is 36.4 Å². The van der Waals surface area contributed by atoms with Crippen LogP contribution in [0.4, 0.5) is 0 Å². The molecule has 1 heterocycles. The van der Waals surface area contributed by atoms with Gasteiger partial charge in [0.2, 0.25) is 0 Å². The minimum atomic E-state index is -0.418. The summed E-state index contributed by atoms with van der Waals surface area (Å²) in [7, 11) is 0. The van der Waals surface area contributed by atoms with Crippen molar-refractivity contribution in [3.05, 3.63) is 170 Å².